The number of benzene rings is 1. The average Bonchev–Trinajstić information content (AvgIpc) is 2.13. The van der Waals surface area contributed by atoms with Gasteiger partial charge < -0.3 is 4.74 Å². The zero-order valence-electron chi connectivity index (χ0n) is 8.02. The Kier molecular flexibility index (Phi) is 4.56. The second kappa shape index (κ2) is 5.48. The van der Waals surface area contributed by atoms with E-state index < -0.39 is 10.0 Å². The largest absolute Gasteiger partial charge is 0.492 e. The van der Waals surface area contributed by atoms with Crippen LogP contribution in [0.5, 0.6) is 5.75 Å². The maximum atomic E-state index is 10.6. The highest BCUT2D eigenvalue weighted by Crippen LogP contribution is 2.23. The van der Waals surface area contributed by atoms with E-state index in [9.17, 15) is 8.42 Å². The van der Waals surface area contributed by atoms with Gasteiger partial charge in [0.15, 0.2) is 0 Å². The van der Waals surface area contributed by atoms with Crippen molar-refractivity contribution in [3.05, 3.63) is 28.7 Å². The lowest BCUT2D eigenvalue weighted by Crippen LogP contribution is -2.18. The molecule has 2 N–H and O–H groups in total. The Morgan fingerprint density at radius 2 is 2.00 bits per heavy atom. The van der Waals surface area contributed by atoms with Crippen LogP contribution in [-0.2, 0) is 10.0 Å². The van der Waals surface area contributed by atoms with Gasteiger partial charge in [-0.25, -0.2) is 13.6 Å². The molecular formula is C9H12BrNO3S. The molecule has 0 radical (unpaired) electrons. The summed E-state index contributed by atoms with van der Waals surface area (Å²) >= 11 is 3.32. The van der Waals surface area contributed by atoms with E-state index in [1.165, 1.54) is 0 Å². The fraction of sp³-hybridized carbons (Fsp3) is 0.333. The maximum absolute atomic E-state index is 10.6. The van der Waals surface area contributed by atoms with Gasteiger partial charge in [0.1, 0.15) is 5.75 Å². The van der Waals surface area contributed by atoms with Crippen molar-refractivity contribution < 1.29 is 13.2 Å². The van der Waals surface area contributed by atoms with Gasteiger partial charge in [-0.3, -0.25) is 0 Å². The third kappa shape index (κ3) is 5.15. The summed E-state index contributed by atoms with van der Waals surface area (Å²) in [5.41, 5.74) is 0. The van der Waals surface area contributed by atoms with Crippen LogP contribution in [0.1, 0.15) is 6.42 Å². The summed E-state index contributed by atoms with van der Waals surface area (Å²) in [5.74, 6) is 0.643. The van der Waals surface area contributed by atoms with E-state index in [1.54, 1.807) is 6.07 Å². The Bertz CT molecular complexity index is 419. The summed E-state index contributed by atoms with van der Waals surface area (Å²) < 4.78 is 27.5. The minimum absolute atomic E-state index is 0.0581. The first kappa shape index (κ1) is 12.5. The first-order valence-electron chi connectivity index (χ1n) is 4.37. The van der Waals surface area contributed by atoms with Crippen molar-refractivity contribution in [3.63, 3.8) is 0 Å². The lowest BCUT2D eigenvalue weighted by atomic mass is 10.3. The van der Waals surface area contributed by atoms with Crippen LogP contribution in [0.2, 0.25) is 0 Å². The highest BCUT2D eigenvalue weighted by molar-refractivity contribution is 9.10. The number of nitrogens with two attached hydrogens (primary N) is 1. The zero-order valence-corrected chi connectivity index (χ0v) is 10.4. The first-order valence-corrected chi connectivity index (χ1v) is 6.88. The molecule has 0 aliphatic carbocycles. The molecule has 1 aromatic carbocycles. The number of halogens is 1. The lowest BCUT2D eigenvalue weighted by Gasteiger charge is -2.06. The van der Waals surface area contributed by atoms with Crippen LogP contribution in [0.3, 0.4) is 0 Å². The number of sulfonamides is 1. The summed E-state index contributed by atoms with van der Waals surface area (Å²) in [6.07, 6.45) is 0.389. The molecule has 0 atom stereocenters. The second-order valence-corrected chi connectivity index (χ2v) is 5.59. The van der Waals surface area contributed by atoms with Crippen molar-refractivity contribution in [2.75, 3.05) is 12.4 Å². The van der Waals surface area contributed by atoms with Gasteiger partial charge >= 0.3 is 0 Å². The summed E-state index contributed by atoms with van der Waals surface area (Å²) in [7, 11) is -3.38. The molecule has 0 amide bonds. The summed E-state index contributed by atoms with van der Waals surface area (Å²) in [4.78, 5) is 0. The molecule has 0 saturated heterocycles. The monoisotopic (exact) mass is 293 g/mol. The van der Waals surface area contributed by atoms with Gasteiger partial charge in [0.2, 0.25) is 10.0 Å². The van der Waals surface area contributed by atoms with E-state index in [1.807, 2.05) is 18.2 Å². The summed E-state index contributed by atoms with van der Waals surface area (Å²) in [5, 5.41) is 4.85. The molecule has 6 heteroatoms. The molecule has 0 unspecified atom stereocenters. The van der Waals surface area contributed by atoms with Gasteiger partial charge in [0.05, 0.1) is 16.8 Å². The second-order valence-electron chi connectivity index (χ2n) is 3.00. The van der Waals surface area contributed by atoms with Crippen LogP contribution in [0.25, 0.3) is 0 Å². The van der Waals surface area contributed by atoms with Crippen molar-refractivity contribution in [2.45, 2.75) is 6.42 Å². The molecule has 84 valence electrons. The van der Waals surface area contributed by atoms with Crippen molar-refractivity contribution >= 4 is 26.0 Å². The number of hydrogen-bond donors (Lipinski definition) is 1. The van der Waals surface area contributed by atoms with Gasteiger partial charge in [-0.15, -0.1) is 0 Å². The van der Waals surface area contributed by atoms with Crippen molar-refractivity contribution in [1.82, 2.24) is 0 Å². The number of hydrogen-bond acceptors (Lipinski definition) is 3. The Morgan fingerprint density at radius 1 is 1.33 bits per heavy atom. The fourth-order valence-corrected chi connectivity index (χ4v) is 1.92. The van der Waals surface area contributed by atoms with Crippen molar-refractivity contribution in [3.8, 4) is 5.75 Å². The van der Waals surface area contributed by atoms with Crippen LogP contribution in [-0.4, -0.2) is 20.8 Å². The van der Waals surface area contributed by atoms with Gasteiger partial charge in [0.25, 0.3) is 0 Å². The normalized spacial score (nSPS) is 11.3. The molecule has 0 spiro atoms. The Labute approximate surface area is 97.6 Å². The predicted molar refractivity (Wildman–Crippen MR) is 62.2 cm³/mol. The molecule has 0 heterocycles. The van der Waals surface area contributed by atoms with Crippen molar-refractivity contribution in [1.29, 1.82) is 0 Å². The van der Waals surface area contributed by atoms with E-state index in [2.05, 4.69) is 15.9 Å². The highest BCUT2D eigenvalue weighted by Gasteiger charge is 2.03. The SMILES string of the molecule is NS(=O)(=O)CCCOc1ccccc1Br. The molecule has 1 rings (SSSR count). The van der Waals surface area contributed by atoms with E-state index in [-0.39, 0.29) is 5.75 Å². The molecule has 0 aliphatic rings. The van der Waals surface area contributed by atoms with E-state index in [0.717, 1.165) is 4.47 Å². The number of rotatable bonds is 5. The third-order valence-corrected chi connectivity index (χ3v) is 3.18. The third-order valence-electron chi connectivity index (χ3n) is 1.67. The molecule has 0 fully saturated rings. The molecule has 0 bridgehead atoms. The topological polar surface area (TPSA) is 69.4 Å². The number of para-hydroxylation sites is 1. The molecule has 0 aromatic heterocycles. The van der Waals surface area contributed by atoms with E-state index in [0.29, 0.717) is 18.8 Å². The number of ether oxygens (including phenoxy) is 1. The zero-order chi connectivity index (χ0) is 11.3. The quantitative estimate of drug-likeness (QED) is 0.837. The Balaban J connectivity index is 2.36. The minimum atomic E-state index is -3.38. The molecule has 0 saturated carbocycles. The van der Waals surface area contributed by atoms with Crippen LogP contribution >= 0.6 is 15.9 Å². The molecule has 4 nitrogen and oxygen atoms in total. The molecular weight excluding hydrogens is 282 g/mol. The fourth-order valence-electron chi connectivity index (χ4n) is 1.00. The van der Waals surface area contributed by atoms with Gasteiger partial charge in [0, 0.05) is 0 Å². The van der Waals surface area contributed by atoms with Crippen molar-refractivity contribution in [2.24, 2.45) is 5.14 Å². The molecule has 1 aromatic rings. The minimum Gasteiger partial charge on any atom is -0.492 e. The highest BCUT2D eigenvalue weighted by atomic mass is 79.9. The maximum Gasteiger partial charge on any atom is 0.209 e. The number of primary sulfonamides is 1. The van der Waals surface area contributed by atoms with E-state index in [4.69, 9.17) is 9.88 Å². The van der Waals surface area contributed by atoms with Crippen LogP contribution in [0, 0.1) is 0 Å². The summed E-state index contributed by atoms with van der Waals surface area (Å²) in [6.45, 7) is 0.332. The standard InChI is InChI=1S/C9H12BrNO3S/c10-8-4-1-2-5-9(8)14-6-3-7-15(11,12)13/h1-2,4-5H,3,6-7H2,(H2,11,12,13). The van der Waals surface area contributed by atoms with Crippen LogP contribution in [0.4, 0.5) is 0 Å². The molecule has 15 heavy (non-hydrogen) atoms. The van der Waals surface area contributed by atoms with Gasteiger partial charge in [-0.2, -0.15) is 0 Å². The smallest absolute Gasteiger partial charge is 0.209 e. The van der Waals surface area contributed by atoms with Crippen LogP contribution in [0.15, 0.2) is 28.7 Å². The first-order chi connectivity index (χ1) is 6.99. The van der Waals surface area contributed by atoms with Crippen LogP contribution < -0.4 is 9.88 Å². The van der Waals surface area contributed by atoms with Gasteiger partial charge in [-0.1, -0.05) is 12.1 Å². The summed E-state index contributed by atoms with van der Waals surface area (Å²) in [6, 6.07) is 7.39. The Hall–Kier alpha value is -0.590. The van der Waals surface area contributed by atoms with Gasteiger partial charge in [-0.05, 0) is 34.5 Å². The predicted octanol–water partition coefficient (Wildman–Crippen LogP) is 1.51. The van der Waals surface area contributed by atoms with E-state index >= 15 is 0 Å². The molecule has 0 aliphatic heterocycles. The average molecular weight is 294 g/mol. The Morgan fingerprint density at radius 3 is 2.60 bits per heavy atom. The lowest BCUT2D eigenvalue weighted by molar-refractivity contribution is 0.316.